The van der Waals surface area contributed by atoms with Crippen LogP contribution in [0.4, 0.5) is 0 Å². The second-order valence-corrected chi connectivity index (χ2v) is 5.48. The molecule has 2 nitrogen and oxygen atoms in total. The lowest BCUT2D eigenvalue weighted by atomic mass is 9.76. The van der Waals surface area contributed by atoms with Crippen molar-refractivity contribution in [3.63, 3.8) is 0 Å². The number of hydrogen-bond donors (Lipinski definition) is 1. The van der Waals surface area contributed by atoms with E-state index in [9.17, 15) is 0 Å². The Hall–Kier alpha value is -0.380. The SMILES string of the molecule is CCOCCNC1CC(c2ccc(Br)cc2)C1. The van der Waals surface area contributed by atoms with Crippen LogP contribution in [0.3, 0.4) is 0 Å². The summed E-state index contributed by atoms with van der Waals surface area (Å²) in [5.41, 5.74) is 1.47. The van der Waals surface area contributed by atoms with Crippen LogP contribution in [0.1, 0.15) is 31.2 Å². The van der Waals surface area contributed by atoms with Crippen LogP contribution in [-0.4, -0.2) is 25.8 Å². The predicted molar refractivity (Wildman–Crippen MR) is 74.4 cm³/mol. The van der Waals surface area contributed by atoms with Gasteiger partial charge in [0, 0.05) is 23.7 Å². The maximum Gasteiger partial charge on any atom is 0.0590 e. The molecule has 0 aliphatic heterocycles. The molecule has 0 saturated heterocycles. The van der Waals surface area contributed by atoms with Crippen LogP contribution in [0.15, 0.2) is 28.7 Å². The molecular weight excluding hydrogens is 278 g/mol. The van der Waals surface area contributed by atoms with Crippen molar-refractivity contribution in [1.82, 2.24) is 5.32 Å². The molecule has 0 radical (unpaired) electrons. The minimum Gasteiger partial charge on any atom is -0.380 e. The third kappa shape index (κ3) is 3.80. The summed E-state index contributed by atoms with van der Waals surface area (Å²) in [5.74, 6) is 0.743. The fourth-order valence-corrected chi connectivity index (χ4v) is 2.54. The summed E-state index contributed by atoms with van der Waals surface area (Å²) >= 11 is 3.47. The standard InChI is InChI=1S/C14H20BrNO/c1-2-17-8-7-16-14-9-12(10-14)11-3-5-13(15)6-4-11/h3-6,12,14,16H,2,7-10H2,1H3. The minimum atomic E-state index is 0.684. The number of rotatable bonds is 6. The maximum atomic E-state index is 5.31. The van der Waals surface area contributed by atoms with Gasteiger partial charge in [0.1, 0.15) is 0 Å². The Labute approximate surface area is 112 Å². The lowest BCUT2D eigenvalue weighted by Crippen LogP contribution is -2.41. The van der Waals surface area contributed by atoms with Gasteiger partial charge >= 0.3 is 0 Å². The molecule has 1 fully saturated rings. The van der Waals surface area contributed by atoms with Gasteiger partial charge in [-0.3, -0.25) is 0 Å². The zero-order valence-electron chi connectivity index (χ0n) is 10.3. The van der Waals surface area contributed by atoms with Gasteiger partial charge in [-0.15, -0.1) is 0 Å². The van der Waals surface area contributed by atoms with E-state index in [1.165, 1.54) is 18.4 Å². The molecule has 1 saturated carbocycles. The molecule has 0 aromatic heterocycles. The molecule has 94 valence electrons. The second kappa shape index (κ2) is 6.53. The summed E-state index contributed by atoms with van der Waals surface area (Å²) in [6.07, 6.45) is 2.52. The Balaban J connectivity index is 1.66. The third-order valence-corrected chi connectivity index (χ3v) is 3.89. The first-order valence-electron chi connectivity index (χ1n) is 6.36. The minimum absolute atomic E-state index is 0.684. The van der Waals surface area contributed by atoms with Crippen molar-refractivity contribution >= 4 is 15.9 Å². The number of benzene rings is 1. The molecule has 3 heteroatoms. The van der Waals surface area contributed by atoms with Crippen molar-refractivity contribution in [1.29, 1.82) is 0 Å². The Morgan fingerprint density at radius 2 is 2.00 bits per heavy atom. The first-order valence-corrected chi connectivity index (χ1v) is 7.15. The normalized spacial score (nSPS) is 23.4. The van der Waals surface area contributed by atoms with E-state index in [0.29, 0.717) is 6.04 Å². The largest absolute Gasteiger partial charge is 0.380 e. The van der Waals surface area contributed by atoms with Gasteiger partial charge in [-0.1, -0.05) is 28.1 Å². The number of halogens is 1. The van der Waals surface area contributed by atoms with Crippen LogP contribution in [0.2, 0.25) is 0 Å². The van der Waals surface area contributed by atoms with Gasteiger partial charge in [-0.05, 0) is 43.4 Å². The Morgan fingerprint density at radius 3 is 2.65 bits per heavy atom. The van der Waals surface area contributed by atoms with Crippen LogP contribution in [0.25, 0.3) is 0 Å². The summed E-state index contributed by atoms with van der Waals surface area (Å²) < 4.78 is 6.47. The van der Waals surface area contributed by atoms with E-state index in [2.05, 4.69) is 45.5 Å². The van der Waals surface area contributed by atoms with Crippen LogP contribution >= 0.6 is 15.9 Å². The Kier molecular flexibility index (Phi) is 5.01. The smallest absolute Gasteiger partial charge is 0.0590 e. The average molecular weight is 298 g/mol. The molecule has 1 aromatic carbocycles. The number of nitrogens with one attached hydrogen (secondary N) is 1. The maximum absolute atomic E-state index is 5.31. The molecule has 0 spiro atoms. The second-order valence-electron chi connectivity index (χ2n) is 4.57. The highest BCUT2D eigenvalue weighted by Gasteiger charge is 2.29. The van der Waals surface area contributed by atoms with Crippen molar-refractivity contribution in [2.45, 2.75) is 31.7 Å². The predicted octanol–water partition coefficient (Wildman–Crippen LogP) is 3.32. The summed E-state index contributed by atoms with van der Waals surface area (Å²) in [6.45, 7) is 4.66. The third-order valence-electron chi connectivity index (χ3n) is 3.36. The van der Waals surface area contributed by atoms with Gasteiger partial charge in [0.05, 0.1) is 6.61 Å². The summed E-state index contributed by atoms with van der Waals surface area (Å²) in [6, 6.07) is 9.40. The van der Waals surface area contributed by atoms with Crippen LogP contribution < -0.4 is 5.32 Å². The van der Waals surface area contributed by atoms with E-state index in [1.807, 2.05) is 6.92 Å². The lowest BCUT2D eigenvalue weighted by molar-refractivity contribution is 0.141. The first kappa shape index (κ1) is 13.1. The van der Waals surface area contributed by atoms with Crippen molar-refractivity contribution in [3.05, 3.63) is 34.3 Å². The first-order chi connectivity index (χ1) is 8.29. The molecule has 2 rings (SSSR count). The van der Waals surface area contributed by atoms with Crippen molar-refractivity contribution < 1.29 is 4.74 Å². The highest BCUT2D eigenvalue weighted by atomic mass is 79.9. The van der Waals surface area contributed by atoms with Crippen molar-refractivity contribution in [2.75, 3.05) is 19.8 Å². The Morgan fingerprint density at radius 1 is 1.29 bits per heavy atom. The molecule has 17 heavy (non-hydrogen) atoms. The lowest BCUT2D eigenvalue weighted by Gasteiger charge is -2.36. The zero-order chi connectivity index (χ0) is 12.1. The quantitative estimate of drug-likeness (QED) is 0.814. The van der Waals surface area contributed by atoms with Gasteiger partial charge in [0.2, 0.25) is 0 Å². The van der Waals surface area contributed by atoms with Crippen molar-refractivity contribution in [3.8, 4) is 0 Å². The van der Waals surface area contributed by atoms with E-state index in [1.54, 1.807) is 0 Å². The van der Waals surface area contributed by atoms with Crippen LogP contribution in [-0.2, 0) is 4.74 Å². The summed E-state index contributed by atoms with van der Waals surface area (Å²) in [5, 5.41) is 3.53. The van der Waals surface area contributed by atoms with Crippen molar-refractivity contribution in [2.24, 2.45) is 0 Å². The van der Waals surface area contributed by atoms with E-state index in [0.717, 1.165) is 30.1 Å². The molecule has 0 bridgehead atoms. The zero-order valence-corrected chi connectivity index (χ0v) is 11.9. The molecule has 1 aliphatic carbocycles. The van der Waals surface area contributed by atoms with Gasteiger partial charge in [0.15, 0.2) is 0 Å². The molecule has 0 amide bonds. The van der Waals surface area contributed by atoms with E-state index < -0.39 is 0 Å². The highest BCUT2D eigenvalue weighted by molar-refractivity contribution is 9.10. The van der Waals surface area contributed by atoms with E-state index in [-0.39, 0.29) is 0 Å². The fraction of sp³-hybridized carbons (Fsp3) is 0.571. The molecule has 1 aliphatic rings. The van der Waals surface area contributed by atoms with Gasteiger partial charge in [0.25, 0.3) is 0 Å². The molecule has 0 atom stereocenters. The van der Waals surface area contributed by atoms with E-state index in [4.69, 9.17) is 4.74 Å². The fourth-order valence-electron chi connectivity index (χ4n) is 2.27. The molecule has 0 unspecified atom stereocenters. The van der Waals surface area contributed by atoms with Gasteiger partial charge in [-0.25, -0.2) is 0 Å². The average Bonchev–Trinajstić information content (AvgIpc) is 2.28. The van der Waals surface area contributed by atoms with Gasteiger partial charge in [-0.2, -0.15) is 0 Å². The Bertz CT molecular complexity index is 333. The molecule has 0 heterocycles. The monoisotopic (exact) mass is 297 g/mol. The summed E-state index contributed by atoms with van der Waals surface area (Å²) in [4.78, 5) is 0. The van der Waals surface area contributed by atoms with Crippen LogP contribution in [0.5, 0.6) is 0 Å². The highest BCUT2D eigenvalue weighted by Crippen LogP contribution is 2.37. The number of hydrogen-bond acceptors (Lipinski definition) is 2. The molecule has 1 aromatic rings. The number of ether oxygens (including phenoxy) is 1. The topological polar surface area (TPSA) is 21.3 Å². The van der Waals surface area contributed by atoms with Gasteiger partial charge < -0.3 is 10.1 Å². The van der Waals surface area contributed by atoms with E-state index >= 15 is 0 Å². The summed E-state index contributed by atoms with van der Waals surface area (Å²) in [7, 11) is 0. The molecule has 1 N–H and O–H groups in total. The van der Waals surface area contributed by atoms with Crippen LogP contribution in [0, 0.1) is 0 Å². The molecular formula is C14H20BrNO.